The number of hydrogen-bond donors (Lipinski definition) is 2. The van der Waals surface area contributed by atoms with Crippen molar-refractivity contribution in [2.75, 3.05) is 0 Å². The van der Waals surface area contributed by atoms with Crippen LogP contribution in [0.1, 0.15) is 35.1 Å². The number of benzene rings is 1. The Morgan fingerprint density at radius 3 is 2.22 bits per heavy atom. The Kier molecular flexibility index (Phi) is 4.41. The molecule has 1 aromatic carbocycles. The summed E-state index contributed by atoms with van der Waals surface area (Å²) in [4.78, 5) is 11.8. The topological polar surface area (TPSA) is 55.1 Å². The van der Waals surface area contributed by atoms with Gasteiger partial charge in [0.15, 0.2) is 0 Å². The first-order valence-electron chi connectivity index (χ1n) is 6.06. The third-order valence-corrected chi connectivity index (χ3v) is 3.51. The second-order valence-corrected chi connectivity index (χ2v) is 5.22. The number of halogens is 1. The highest BCUT2D eigenvalue weighted by Gasteiger charge is 2.45. The molecule has 1 saturated carbocycles. The molecular weight excluding hydrogens is 248 g/mol. The molecule has 0 saturated heterocycles. The first-order valence-corrected chi connectivity index (χ1v) is 6.06. The van der Waals surface area contributed by atoms with E-state index in [-0.39, 0.29) is 18.3 Å². The minimum Gasteiger partial charge on any atom is -0.350 e. The van der Waals surface area contributed by atoms with Crippen LogP contribution in [-0.2, 0) is 11.3 Å². The van der Waals surface area contributed by atoms with E-state index in [1.807, 2.05) is 0 Å². The number of nitrogens with two attached hydrogens (primary N) is 1. The number of hydrogen-bond acceptors (Lipinski definition) is 2. The number of amides is 1. The summed E-state index contributed by atoms with van der Waals surface area (Å²) < 4.78 is 0. The van der Waals surface area contributed by atoms with Crippen LogP contribution in [0.4, 0.5) is 0 Å². The Bertz CT molecular complexity index is 444. The molecule has 1 amide bonds. The summed E-state index contributed by atoms with van der Waals surface area (Å²) in [7, 11) is 0. The number of rotatable bonds is 3. The Balaban J connectivity index is 0.00000162. The van der Waals surface area contributed by atoms with Crippen molar-refractivity contribution >= 4 is 18.3 Å². The van der Waals surface area contributed by atoms with E-state index < -0.39 is 5.54 Å². The maximum atomic E-state index is 11.8. The van der Waals surface area contributed by atoms with Crippen LogP contribution in [0, 0.1) is 20.8 Å². The van der Waals surface area contributed by atoms with Gasteiger partial charge in [-0.25, -0.2) is 0 Å². The van der Waals surface area contributed by atoms with Gasteiger partial charge in [0.1, 0.15) is 0 Å². The smallest absolute Gasteiger partial charge is 0.240 e. The molecule has 3 N–H and O–H groups in total. The molecule has 2 rings (SSSR count). The summed E-state index contributed by atoms with van der Waals surface area (Å²) >= 11 is 0. The van der Waals surface area contributed by atoms with Crippen LogP contribution >= 0.6 is 12.4 Å². The molecule has 1 aliphatic rings. The summed E-state index contributed by atoms with van der Waals surface area (Å²) in [5.41, 5.74) is 10.2. The minimum atomic E-state index is -0.577. The summed E-state index contributed by atoms with van der Waals surface area (Å²) in [6, 6.07) is 4.29. The first-order chi connectivity index (χ1) is 7.92. The second kappa shape index (κ2) is 5.29. The minimum absolute atomic E-state index is 0. The molecule has 0 bridgehead atoms. The zero-order valence-corrected chi connectivity index (χ0v) is 12.0. The van der Waals surface area contributed by atoms with Crippen LogP contribution in [0.5, 0.6) is 0 Å². The average molecular weight is 269 g/mol. The lowest BCUT2D eigenvalue weighted by Crippen LogP contribution is -2.42. The normalized spacial score (nSPS) is 15.8. The van der Waals surface area contributed by atoms with Gasteiger partial charge in [-0.15, -0.1) is 12.4 Å². The van der Waals surface area contributed by atoms with Gasteiger partial charge in [-0.2, -0.15) is 0 Å². The fraction of sp³-hybridized carbons (Fsp3) is 0.500. The predicted octanol–water partition coefficient (Wildman–Crippen LogP) is 2.14. The van der Waals surface area contributed by atoms with Crippen molar-refractivity contribution in [1.82, 2.24) is 5.32 Å². The average Bonchev–Trinajstić information content (AvgIpc) is 2.96. The Morgan fingerprint density at radius 1 is 1.28 bits per heavy atom. The molecule has 4 heteroatoms. The van der Waals surface area contributed by atoms with E-state index in [0.717, 1.165) is 12.8 Å². The zero-order chi connectivity index (χ0) is 12.6. The van der Waals surface area contributed by atoms with Crippen LogP contribution in [0.25, 0.3) is 0 Å². The molecule has 1 aliphatic carbocycles. The summed E-state index contributed by atoms with van der Waals surface area (Å²) in [6.45, 7) is 6.82. The van der Waals surface area contributed by atoms with E-state index in [0.29, 0.717) is 6.54 Å². The summed E-state index contributed by atoms with van der Waals surface area (Å²) in [5.74, 6) is -0.0168. The lowest BCUT2D eigenvalue weighted by molar-refractivity contribution is -0.123. The van der Waals surface area contributed by atoms with Gasteiger partial charge in [0.2, 0.25) is 5.91 Å². The van der Waals surface area contributed by atoms with Gasteiger partial charge in [0, 0.05) is 6.54 Å². The van der Waals surface area contributed by atoms with E-state index in [1.54, 1.807) is 0 Å². The third kappa shape index (κ3) is 3.03. The van der Waals surface area contributed by atoms with Gasteiger partial charge in [0.25, 0.3) is 0 Å². The molecular formula is C14H21ClN2O. The van der Waals surface area contributed by atoms with Crippen molar-refractivity contribution in [2.24, 2.45) is 5.73 Å². The van der Waals surface area contributed by atoms with Crippen molar-refractivity contribution in [3.8, 4) is 0 Å². The summed E-state index contributed by atoms with van der Waals surface area (Å²) in [5, 5.41) is 2.94. The highest BCUT2D eigenvalue weighted by Crippen LogP contribution is 2.32. The molecule has 0 aliphatic heterocycles. The Labute approximate surface area is 115 Å². The summed E-state index contributed by atoms with van der Waals surface area (Å²) in [6.07, 6.45) is 1.62. The Hall–Kier alpha value is -1.06. The monoisotopic (exact) mass is 268 g/mol. The number of carbonyl (C=O) groups excluding carboxylic acids is 1. The number of carbonyl (C=O) groups is 1. The van der Waals surface area contributed by atoms with Crippen LogP contribution in [0.15, 0.2) is 12.1 Å². The van der Waals surface area contributed by atoms with Crippen molar-refractivity contribution in [2.45, 2.75) is 45.7 Å². The van der Waals surface area contributed by atoms with Crippen LogP contribution in [0.3, 0.4) is 0 Å². The van der Waals surface area contributed by atoms with E-state index in [2.05, 4.69) is 38.2 Å². The SMILES string of the molecule is Cc1cc(C)c(CNC(=O)C2(N)CC2)c(C)c1.Cl. The van der Waals surface area contributed by atoms with Crippen molar-refractivity contribution < 1.29 is 4.79 Å². The Morgan fingerprint density at radius 2 is 1.78 bits per heavy atom. The maximum Gasteiger partial charge on any atom is 0.240 e. The fourth-order valence-corrected chi connectivity index (χ4v) is 2.20. The number of nitrogens with one attached hydrogen (secondary N) is 1. The highest BCUT2D eigenvalue weighted by molar-refractivity contribution is 5.88. The van der Waals surface area contributed by atoms with E-state index in [1.165, 1.54) is 22.3 Å². The van der Waals surface area contributed by atoms with Gasteiger partial charge in [-0.1, -0.05) is 17.7 Å². The van der Waals surface area contributed by atoms with Gasteiger partial charge >= 0.3 is 0 Å². The van der Waals surface area contributed by atoms with Gasteiger partial charge in [-0.3, -0.25) is 4.79 Å². The zero-order valence-electron chi connectivity index (χ0n) is 11.2. The predicted molar refractivity (Wildman–Crippen MR) is 75.9 cm³/mol. The molecule has 0 aromatic heterocycles. The van der Waals surface area contributed by atoms with E-state index >= 15 is 0 Å². The maximum absolute atomic E-state index is 11.8. The lowest BCUT2D eigenvalue weighted by Gasteiger charge is -2.14. The lowest BCUT2D eigenvalue weighted by atomic mass is 10.00. The van der Waals surface area contributed by atoms with Crippen LogP contribution in [-0.4, -0.2) is 11.4 Å². The molecule has 100 valence electrons. The fourth-order valence-electron chi connectivity index (χ4n) is 2.20. The molecule has 0 atom stereocenters. The molecule has 3 nitrogen and oxygen atoms in total. The molecule has 0 unspecified atom stereocenters. The molecule has 0 heterocycles. The molecule has 1 fully saturated rings. The third-order valence-electron chi connectivity index (χ3n) is 3.51. The van der Waals surface area contributed by atoms with Crippen LogP contribution < -0.4 is 11.1 Å². The van der Waals surface area contributed by atoms with Crippen molar-refractivity contribution in [3.63, 3.8) is 0 Å². The molecule has 1 aromatic rings. The molecule has 0 radical (unpaired) electrons. The first kappa shape index (κ1) is 15.0. The second-order valence-electron chi connectivity index (χ2n) is 5.22. The van der Waals surface area contributed by atoms with Crippen LogP contribution in [0.2, 0.25) is 0 Å². The number of aryl methyl sites for hydroxylation is 3. The van der Waals surface area contributed by atoms with Crippen molar-refractivity contribution in [3.05, 3.63) is 34.4 Å². The quantitative estimate of drug-likeness (QED) is 0.883. The van der Waals surface area contributed by atoms with Gasteiger partial charge in [0.05, 0.1) is 5.54 Å². The molecule has 18 heavy (non-hydrogen) atoms. The van der Waals surface area contributed by atoms with Crippen molar-refractivity contribution in [1.29, 1.82) is 0 Å². The van der Waals surface area contributed by atoms with Gasteiger partial charge in [-0.05, 0) is 50.3 Å². The van der Waals surface area contributed by atoms with E-state index in [4.69, 9.17) is 5.73 Å². The highest BCUT2D eigenvalue weighted by atomic mass is 35.5. The molecule has 0 spiro atoms. The largest absolute Gasteiger partial charge is 0.350 e. The van der Waals surface area contributed by atoms with E-state index in [9.17, 15) is 4.79 Å². The van der Waals surface area contributed by atoms with Gasteiger partial charge < -0.3 is 11.1 Å². The standard InChI is InChI=1S/C14H20N2O.ClH/c1-9-6-10(2)12(11(3)7-9)8-16-13(17)14(15)4-5-14;/h6-7H,4-5,8,15H2,1-3H3,(H,16,17);1H.